The Balaban J connectivity index is 2.15. The fourth-order valence-corrected chi connectivity index (χ4v) is 3.45. The SMILES string of the molecule is Cc1cc(C)cc(-c2nc3c(c(NN)n2)CSC3)c1. The third kappa shape index (κ3) is 2.31. The van der Waals surface area contributed by atoms with E-state index in [1.54, 1.807) is 0 Å². The molecular weight excluding hydrogens is 256 g/mol. The molecule has 0 radical (unpaired) electrons. The van der Waals surface area contributed by atoms with Crippen LogP contribution in [-0.2, 0) is 11.5 Å². The van der Waals surface area contributed by atoms with Crippen molar-refractivity contribution >= 4 is 17.6 Å². The second-order valence-corrected chi connectivity index (χ2v) is 5.82. The standard InChI is InChI=1S/C14H16N4S/c1-8-3-9(2)5-10(4-8)13-16-12-7-19-6-11(12)14(17-13)18-15/h3-5H,6-7,15H2,1-2H3,(H,16,17,18). The predicted molar refractivity (Wildman–Crippen MR) is 79.8 cm³/mol. The zero-order valence-corrected chi connectivity index (χ0v) is 11.8. The van der Waals surface area contributed by atoms with Gasteiger partial charge >= 0.3 is 0 Å². The lowest BCUT2D eigenvalue weighted by Crippen LogP contribution is -2.12. The maximum atomic E-state index is 5.58. The van der Waals surface area contributed by atoms with Crippen LogP contribution in [0, 0.1) is 13.8 Å². The molecule has 0 atom stereocenters. The fraction of sp³-hybridized carbons (Fsp3) is 0.286. The molecule has 0 saturated heterocycles. The zero-order valence-electron chi connectivity index (χ0n) is 11.0. The van der Waals surface area contributed by atoms with Gasteiger partial charge in [-0.15, -0.1) is 0 Å². The van der Waals surface area contributed by atoms with Gasteiger partial charge in [0.15, 0.2) is 5.82 Å². The number of nitrogens with one attached hydrogen (secondary N) is 1. The highest BCUT2D eigenvalue weighted by atomic mass is 32.2. The van der Waals surface area contributed by atoms with E-state index in [-0.39, 0.29) is 0 Å². The highest BCUT2D eigenvalue weighted by Gasteiger charge is 2.19. The summed E-state index contributed by atoms with van der Waals surface area (Å²) in [4.78, 5) is 9.24. The van der Waals surface area contributed by atoms with Crippen molar-refractivity contribution in [1.82, 2.24) is 9.97 Å². The quantitative estimate of drug-likeness (QED) is 0.650. The molecule has 0 saturated carbocycles. The van der Waals surface area contributed by atoms with Gasteiger partial charge in [-0.2, -0.15) is 11.8 Å². The molecule has 98 valence electrons. The second-order valence-electron chi connectivity index (χ2n) is 4.83. The molecule has 0 aliphatic carbocycles. The Hall–Kier alpha value is -1.59. The number of hydrogen-bond donors (Lipinski definition) is 2. The average Bonchev–Trinajstić information content (AvgIpc) is 2.84. The van der Waals surface area contributed by atoms with Gasteiger partial charge in [0.2, 0.25) is 0 Å². The lowest BCUT2D eigenvalue weighted by atomic mass is 10.1. The molecule has 0 bridgehead atoms. The van der Waals surface area contributed by atoms with E-state index in [4.69, 9.17) is 5.84 Å². The fourth-order valence-electron chi connectivity index (χ4n) is 2.40. The van der Waals surface area contributed by atoms with Crippen LogP contribution in [0.25, 0.3) is 11.4 Å². The maximum absolute atomic E-state index is 5.58. The molecule has 2 heterocycles. The predicted octanol–water partition coefficient (Wildman–Crippen LogP) is 2.79. The second kappa shape index (κ2) is 4.83. The number of nitrogens with two attached hydrogens (primary N) is 1. The third-order valence-corrected chi connectivity index (χ3v) is 4.16. The van der Waals surface area contributed by atoms with Crippen LogP contribution < -0.4 is 11.3 Å². The van der Waals surface area contributed by atoms with Crippen molar-refractivity contribution in [2.75, 3.05) is 5.43 Å². The summed E-state index contributed by atoms with van der Waals surface area (Å²) in [5.41, 5.74) is 8.43. The van der Waals surface area contributed by atoms with Crippen LogP contribution in [0.1, 0.15) is 22.4 Å². The molecule has 5 heteroatoms. The van der Waals surface area contributed by atoms with Gasteiger partial charge < -0.3 is 5.43 Å². The Morgan fingerprint density at radius 1 is 1.11 bits per heavy atom. The first-order chi connectivity index (χ1) is 9.17. The van der Waals surface area contributed by atoms with Crippen LogP contribution in [-0.4, -0.2) is 9.97 Å². The molecule has 1 aliphatic heterocycles. The number of nitrogen functional groups attached to an aromatic ring is 1. The van der Waals surface area contributed by atoms with Crippen molar-refractivity contribution in [3.63, 3.8) is 0 Å². The van der Waals surface area contributed by atoms with E-state index >= 15 is 0 Å². The number of fused-ring (bicyclic) bond motifs is 1. The normalized spacial score (nSPS) is 13.4. The average molecular weight is 272 g/mol. The molecule has 4 nitrogen and oxygen atoms in total. The lowest BCUT2D eigenvalue weighted by molar-refractivity contribution is 1.06. The number of rotatable bonds is 2. The molecule has 0 amide bonds. The lowest BCUT2D eigenvalue weighted by Gasteiger charge is -2.10. The largest absolute Gasteiger partial charge is 0.308 e. The first-order valence-electron chi connectivity index (χ1n) is 6.20. The number of aromatic nitrogens is 2. The molecule has 1 aliphatic rings. The van der Waals surface area contributed by atoms with Crippen LogP contribution in [0.5, 0.6) is 0 Å². The monoisotopic (exact) mass is 272 g/mol. The van der Waals surface area contributed by atoms with Gasteiger partial charge in [-0.25, -0.2) is 15.8 Å². The van der Waals surface area contributed by atoms with E-state index in [1.165, 1.54) is 11.1 Å². The minimum Gasteiger partial charge on any atom is -0.308 e. The van der Waals surface area contributed by atoms with Gasteiger partial charge in [0.25, 0.3) is 0 Å². The summed E-state index contributed by atoms with van der Waals surface area (Å²) < 4.78 is 0. The van der Waals surface area contributed by atoms with Gasteiger partial charge in [0.1, 0.15) is 5.82 Å². The Labute approximate surface area is 116 Å². The Morgan fingerprint density at radius 2 is 1.84 bits per heavy atom. The topological polar surface area (TPSA) is 63.8 Å². The zero-order chi connectivity index (χ0) is 13.4. The molecule has 1 aromatic heterocycles. The first-order valence-corrected chi connectivity index (χ1v) is 7.35. The Kier molecular flexibility index (Phi) is 3.16. The number of aryl methyl sites for hydroxylation is 2. The molecule has 2 aromatic rings. The van der Waals surface area contributed by atoms with Crippen molar-refractivity contribution in [2.24, 2.45) is 5.84 Å². The molecule has 0 fully saturated rings. The van der Waals surface area contributed by atoms with Crippen LogP contribution in [0.2, 0.25) is 0 Å². The van der Waals surface area contributed by atoms with Crippen LogP contribution >= 0.6 is 11.8 Å². The minimum atomic E-state index is 0.751. The summed E-state index contributed by atoms with van der Waals surface area (Å²) in [5.74, 6) is 8.95. The molecule has 0 spiro atoms. The molecular formula is C14H16N4S. The van der Waals surface area contributed by atoms with E-state index in [2.05, 4.69) is 47.4 Å². The highest BCUT2D eigenvalue weighted by Crippen LogP contribution is 2.34. The number of benzene rings is 1. The van der Waals surface area contributed by atoms with Crippen LogP contribution in [0.15, 0.2) is 18.2 Å². The summed E-state index contributed by atoms with van der Waals surface area (Å²) in [6.07, 6.45) is 0. The van der Waals surface area contributed by atoms with Gasteiger partial charge in [-0.05, 0) is 26.0 Å². The van der Waals surface area contributed by atoms with Crippen molar-refractivity contribution in [3.05, 3.63) is 40.6 Å². The van der Waals surface area contributed by atoms with Gasteiger partial charge in [0, 0.05) is 22.6 Å². The Bertz CT molecular complexity index is 619. The van der Waals surface area contributed by atoms with Crippen LogP contribution in [0.4, 0.5) is 5.82 Å². The number of hydrogen-bond acceptors (Lipinski definition) is 5. The van der Waals surface area contributed by atoms with E-state index < -0.39 is 0 Å². The third-order valence-electron chi connectivity index (χ3n) is 3.19. The van der Waals surface area contributed by atoms with E-state index in [1.807, 2.05) is 11.8 Å². The van der Waals surface area contributed by atoms with Crippen LogP contribution in [0.3, 0.4) is 0 Å². The molecule has 3 N–H and O–H groups in total. The molecule has 19 heavy (non-hydrogen) atoms. The number of thioether (sulfide) groups is 1. The van der Waals surface area contributed by atoms with E-state index in [0.717, 1.165) is 40.0 Å². The summed E-state index contributed by atoms with van der Waals surface area (Å²) in [5, 5.41) is 0. The minimum absolute atomic E-state index is 0.751. The maximum Gasteiger partial charge on any atom is 0.161 e. The molecule has 0 unspecified atom stereocenters. The summed E-state index contributed by atoms with van der Waals surface area (Å²) in [7, 11) is 0. The van der Waals surface area contributed by atoms with E-state index in [9.17, 15) is 0 Å². The van der Waals surface area contributed by atoms with Gasteiger partial charge in [0.05, 0.1) is 5.69 Å². The summed E-state index contributed by atoms with van der Waals surface area (Å²) in [6.45, 7) is 4.17. The van der Waals surface area contributed by atoms with Crippen molar-refractivity contribution < 1.29 is 0 Å². The highest BCUT2D eigenvalue weighted by molar-refractivity contribution is 7.98. The number of nitrogens with zero attached hydrogens (tertiary/aromatic N) is 2. The number of hydrazine groups is 1. The Morgan fingerprint density at radius 3 is 2.53 bits per heavy atom. The van der Waals surface area contributed by atoms with E-state index in [0.29, 0.717) is 0 Å². The summed E-state index contributed by atoms with van der Waals surface area (Å²) >= 11 is 1.84. The molecule has 3 rings (SSSR count). The van der Waals surface area contributed by atoms with Gasteiger partial charge in [-0.3, -0.25) is 0 Å². The summed E-state index contributed by atoms with van der Waals surface area (Å²) in [6, 6.07) is 6.36. The van der Waals surface area contributed by atoms with Crippen molar-refractivity contribution in [1.29, 1.82) is 0 Å². The van der Waals surface area contributed by atoms with Crippen molar-refractivity contribution in [2.45, 2.75) is 25.4 Å². The number of anilines is 1. The van der Waals surface area contributed by atoms with Crippen molar-refractivity contribution in [3.8, 4) is 11.4 Å². The van der Waals surface area contributed by atoms with Gasteiger partial charge in [-0.1, -0.05) is 17.2 Å². The smallest absolute Gasteiger partial charge is 0.161 e. The first kappa shape index (κ1) is 12.4. The molecule has 1 aromatic carbocycles.